The van der Waals surface area contributed by atoms with Crippen LogP contribution >= 0.6 is 23.2 Å². The predicted molar refractivity (Wildman–Crippen MR) is 79.7 cm³/mol. The van der Waals surface area contributed by atoms with E-state index in [2.05, 4.69) is 0 Å². The molecule has 1 aliphatic heterocycles. The zero-order valence-electron chi connectivity index (χ0n) is 10.6. The molecule has 0 spiro atoms. The highest BCUT2D eigenvalue weighted by atomic mass is 35.5. The van der Waals surface area contributed by atoms with E-state index >= 15 is 0 Å². The minimum atomic E-state index is -0.445. The summed E-state index contributed by atoms with van der Waals surface area (Å²) >= 11 is 12.2. The van der Waals surface area contributed by atoms with Gasteiger partial charge in [0.1, 0.15) is 5.75 Å². The summed E-state index contributed by atoms with van der Waals surface area (Å²) in [6.45, 7) is 0. The van der Waals surface area contributed by atoms with Gasteiger partial charge in [-0.2, -0.15) is 0 Å². The fourth-order valence-corrected chi connectivity index (χ4v) is 2.88. The lowest BCUT2D eigenvalue weighted by Gasteiger charge is -2.11. The fraction of sp³-hybridized carbons (Fsp3) is 0.188. The van der Waals surface area contributed by atoms with Gasteiger partial charge >= 0.3 is 0 Å². The molecule has 1 heterocycles. The second-order valence-corrected chi connectivity index (χ2v) is 5.58. The maximum absolute atomic E-state index is 12.3. The number of benzene rings is 2. The Bertz CT molecular complexity index is 622. The first-order valence-electron chi connectivity index (χ1n) is 6.35. The molecule has 0 aliphatic carbocycles. The first kappa shape index (κ1) is 13.5. The van der Waals surface area contributed by atoms with Crippen molar-refractivity contribution in [1.82, 2.24) is 0 Å². The number of ether oxygens (including phenoxy) is 1. The standard InChI is InChI=1S/C16H12Cl2O2/c17-12-5-3-6-13(18)11(12)9-14(19)16-8-10-4-1-2-7-15(10)20-16/h1-7,16H,8-9H2. The molecule has 20 heavy (non-hydrogen) atoms. The van der Waals surface area contributed by atoms with Crippen molar-refractivity contribution in [1.29, 1.82) is 0 Å². The summed E-state index contributed by atoms with van der Waals surface area (Å²) in [7, 11) is 0. The zero-order chi connectivity index (χ0) is 14.1. The number of fused-ring (bicyclic) bond motifs is 1. The minimum Gasteiger partial charge on any atom is -0.482 e. The average Bonchev–Trinajstić information content (AvgIpc) is 2.87. The third kappa shape index (κ3) is 2.54. The smallest absolute Gasteiger partial charge is 0.178 e. The highest BCUT2D eigenvalue weighted by Gasteiger charge is 2.29. The van der Waals surface area contributed by atoms with Crippen LogP contribution in [0, 0.1) is 0 Å². The molecule has 2 nitrogen and oxygen atoms in total. The van der Waals surface area contributed by atoms with Crippen molar-refractivity contribution in [3.63, 3.8) is 0 Å². The largest absolute Gasteiger partial charge is 0.482 e. The maximum Gasteiger partial charge on any atom is 0.178 e. The quantitative estimate of drug-likeness (QED) is 0.853. The third-order valence-corrected chi connectivity index (χ3v) is 4.13. The number of rotatable bonds is 3. The van der Waals surface area contributed by atoms with E-state index in [1.54, 1.807) is 18.2 Å². The summed E-state index contributed by atoms with van der Waals surface area (Å²) in [6.07, 6.45) is 0.355. The molecule has 1 aliphatic rings. The van der Waals surface area contributed by atoms with Crippen LogP contribution in [0.4, 0.5) is 0 Å². The van der Waals surface area contributed by atoms with E-state index < -0.39 is 6.10 Å². The SMILES string of the molecule is O=C(Cc1c(Cl)cccc1Cl)C1Cc2ccccc2O1. The topological polar surface area (TPSA) is 26.3 Å². The van der Waals surface area contributed by atoms with Gasteiger partial charge in [-0.15, -0.1) is 0 Å². The van der Waals surface area contributed by atoms with Crippen LogP contribution in [0.5, 0.6) is 5.75 Å². The van der Waals surface area contributed by atoms with E-state index in [0.29, 0.717) is 22.0 Å². The van der Waals surface area contributed by atoms with Crippen LogP contribution < -0.4 is 4.74 Å². The Morgan fingerprint density at radius 2 is 1.80 bits per heavy atom. The molecule has 4 heteroatoms. The lowest BCUT2D eigenvalue weighted by Crippen LogP contribution is -2.27. The number of para-hydroxylation sites is 1. The summed E-state index contributed by atoms with van der Waals surface area (Å²) < 4.78 is 5.68. The Kier molecular flexibility index (Phi) is 3.68. The normalized spacial score (nSPS) is 16.6. The van der Waals surface area contributed by atoms with Gasteiger partial charge in [0.05, 0.1) is 0 Å². The highest BCUT2D eigenvalue weighted by Crippen LogP contribution is 2.30. The van der Waals surface area contributed by atoms with Crippen LogP contribution in [0.3, 0.4) is 0 Å². The third-order valence-electron chi connectivity index (χ3n) is 3.42. The van der Waals surface area contributed by atoms with E-state index in [-0.39, 0.29) is 12.2 Å². The molecule has 0 radical (unpaired) electrons. The molecule has 0 amide bonds. The fourth-order valence-electron chi connectivity index (χ4n) is 2.35. The minimum absolute atomic E-state index is 0.00352. The summed E-state index contributed by atoms with van der Waals surface area (Å²) in [5, 5.41) is 1.03. The molecular weight excluding hydrogens is 295 g/mol. The molecule has 0 saturated heterocycles. The number of hydrogen-bond acceptors (Lipinski definition) is 2. The van der Waals surface area contributed by atoms with Crippen LogP contribution in [-0.4, -0.2) is 11.9 Å². The number of carbonyl (C=O) groups is 1. The molecule has 2 aromatic rings. The number of halogens is 2. The highest BCUT2D eigenvalue weighted by molar-refractivity contribution is 6.36. The summed E-state index contributed by atoms with van der Waals surface area (Å²) in [4.78, 5) is 12.3. The number of Topliss-reactive ketones (excluding diaryl/α,β-unsaturated/α-hetero) is 1. The Balaban J connectivity index is 1.76. The second kappa shape index (κ2) is 5.47. The van der Waals surface area contributed by atoms with Gasteiger partial charge in [-0.25, -0.2) is 0 Å². The van der Waals surface area contributed by atoms with Crippen LogP contribution in [0.1, 0.15) is 11.1 Å². The summed E-state index contributed by atoms with van der Waals surface area (Å²) in [6, 6.07) is 12.9. The molecule has 0 saturated carbocycles. The summed E-state index contributed by atoms with van der Waals surface area (Å²) in [5.74, 6) is 0.785. The van der Waals surface area contributed by atoms with Crippen LogP contribution in [0.2, 0.25) is 10.0 Å². The van der Waals surface area contributed by atoms with Gasteiger partial charge in [0.2, 0.25) is 0 Å². The molecule has 0 N–H and O–H groups in total. The molecule has 2 aromatic carbocycles. The molecule has 0 aromatic heterocycles. The van der Waals surface area contributed by atoms with E-state index in [1.807, 2.05) is 24.3 Å². The van der Waals surface area contributed by atoms with Gasteiger partial charge in [0.25, 0.3) is 0 Å². The second-order valence-electron chi connectivity index (χ2n) is 4.76. The zero-order valence-corrected chi connectivity index (χ0v) is 12.1. The maximum atomic E-state index is 12.3. The van der Waals surface area contributed by atoms with Gasteiger partial charge in [0.15, 0.2) is 11.9 Å². The van der Waals surface area contributed by atoms with Crippen molar-refractivity contribution < 1.29 is 9.53 Å². The average molecular weight is 307 g/mol. The molecule has 102 valence electrons. The van der Waals surface area contributed by atoms with Crippen LogP contribution in [-0.2, 0) is 17.6 Å². The van der Waals surface area contributed by atoms with E-state index in [0.717, 1.165) is 11.3 Å². The monoisotopic (exact) mass is 306 g/mol. The van der Waals surface area contributed by atoms with Crippen LogP contribution in [0.15, 0.2) is 42.5 Å². The Morgan fingerprint density at radius 3 is 2.50 bits per heavy atom. The summed E-state index contributed by atoms with van der Waals surface area (Å²) in [5.41, 5.74) is 1.73. The van der Waals surface area contributed by atoms with Gasteiger partial charge < -0.3 is 4.74 Å². The number of hydrogen-bond donors (Lipinski definition) is 0. The van der Waals surface area contributed by atoms with Crippen LogP contribution in [0.25, 0.3) is 0 Å². The Hall–Kier alpha value is -1.51. The van der Waals surface area contributed by atoms with E-state index in [4.69, 9.17) is 27.9 Å². The number of carbonyl (C=O) groups excluding carboxylic acids is 1. The van der Waals surface area contributed by atoms with Crippen molar-refractivity contribution in [2.75, 3.05) is 0 Å². The van der Waals surface area contributed by atoms with E-state index in [1.165, 1.54) is 0 Å². The van der Waals surface area contributed by atoms with Gasteiger partial charge in [-0.3, -0.25) is 4.79 Å². The number of ketones is 1. The lowest BCUT2D eigenvalue weighted by atomic mass is 10.0. The van der Waals surface area contributed by atoms with Gasteiger partial charge in [0, 0.05) is 22.9 Å². The molecular formula is C16H12Cl2O2. The van der Waals surface area contributed by atoms with Crippen molar-refractivity contribution in [2.24, 2.45) is 0 Å². The van der Waals surface area contributed by atoms with E-state index in [9.17, 15) is 4.79 Å². The molecule has 3 rings (SSSR count). The van der Waals surface area contributed by atoms with Crippen molar-refractivity contribution in [3.05, 3.63) is 63.6 Å². The Morgan fingerprint density at radius 1 is 1.10 bits per heavy atom. The van der Waals surface area contributed by atoms with Crippen molar-refractivity contribution in [3.8, 4) is 5.75 Å². The molecule has 1 atom stereocenters. The first-order valence-corrected chi connectivity index (χ1v) is 7.11. The Labute approximate surface area is 127 Å². The van der Waals surface area contributed by atoms with Crippen molar-refractivity contribution in [2.45, 2.75) is 18.9 Å². The molecule has 0 bridgehead atoms. The van der Waals surface area contributed by atoms with Gasteiger partial charge in [-0.05, 0) is 29.3 Å². The van der Waals surface area contributed by atoms with Gasteiger partial charge in [-0.1, -0.05) is 47.5 Å². The first-order chi connectivity index (χ1) is 9.65. The van der Waals surface area contributed by atoms with Crippen molar-refractivity contribution >= 4 is 29.0 Å². The predicted octanol–water partition coefficient (Wildman–Crippen LogP) is 4.11. The molecule has 0 fully saturated rings. The lowest BCUT2D eigenvalue weighted by molar-refractivity contribution is -0.124. The molecule has 1 unspecified atom stereocenters.